The predicted octanol–water partition coefficient (Wildman–Crippen LogP) is 1.41. The monoisotopic (exact) mass is 298 g/mol. The van der Waals surface area contributed by atoms with E-state index in [9.17, 15) is 13.5 Å². The third-order valence-corrected chi connectivity index (χ3v) is 5.67. The fraction of sp³-hybridized carbons (Fsp3) is 0.571. The Hall–Kier alpha value is -1.11. The minimum atomic E-state index is -3.65. The fourth-order valence-corrected chi connectivity index (χ4v) is 4.58. The maximum Gasteiger partial charge on any atom is 0.243 e. The molecular weight excluding hydrogens is 276 g/mol. The first-order valence-electron chi connectivity index (χ1n) is 6.94. The van der Waals surface area contributed by atoms with Gasteiger partial charge in [-0.1, -0.05) is 25.0 Å². The normalized spacial score (nSPS) is 23.7. The summed E-state index contributed by atoms with van der Waals surface area (Å²) in [5.41, 5.74) is 6.70. The first kappa shape index (κ1) is 15.3. The van der Waals surface area contributed by atoms with Crippen molar-refractivity contribution in [2.45, 2.75) is 43.5 Å². The average Bonchev–Trinajstić information content (AvgIpc) is 2.38. The van der Waals surface area contributed by atoms with Crippen molar-refractivity contribution in [2.75, 3.05) is 12.3 Å². The lowest BCUT2D eigenvalue weighted by Crippen LogP contribution is -2.43. The molecule has 0 amide bonds. The second kappa shape index (κ2) is 6.11. The number of aryl methyl sites for hydroxylation is 1. The molecule has 112 valence electrons. The number of aliphatic hydroxyl groups excluding tert-OH is 1. The molecule has 1 aromatic rings. The molecule has 0 aliphatic heterocycles. The quantitative estimate of drug-likeness (QED) is 0.733. The van der Waals surface area contributed by atoms with E-state index in [0.717, 1.165) is 25.7 Å². The number of nitrogens with two attached hydrogens (primary N) is 1. The lowest BCUT2D eigenvalue weighted by atomic mass is 9.86. The first-order chi connectivity index (χ1) is 9.45. The smallest absolute Gasteiger partial charge is 0.243 e. The second-order valence-corrected chi connectivity index (χ2v) is 7.10. The highest BCUT2D eigenvalue weighted by molar-refractivity contribution is 7.89. The van der Waals surface area contributed by atoms with E-state index in [0.29, 0.717) is 5.56 Å². The van der Waals surface area contributed by atoms with Crippen LogP contribution in [-0.2, 0) is 10.0 Å². The minimum Gasteiger partial charge on any atom is -0.398 e. The number of nitrogen functional groups attached to an aromatic ring is 1. The SMILES string of the molecule is Cc1cccc(N)c1S(=O)(=O)NC1CCCCC1CO. The standard InChI is InChI=1S/C14H22N2O3S/c1-10-5-4-7-12(15)14(10)20(18,19)16-13-8-3-2-6-11(13)9-17/h4-5,7,11,13,16-17H,2-3,6,8-9,15H2,1H3. The van der Waals surface area contributed by atoms with Gasteiger partial charge in [-0.3, -0.25) is 0 Å². The molecule has 0 aromatic heterocycles. The summed E-state index contributed by atoms with van der Waals surface area (Å²) in [6.07, 6.45) is 3.63. The van der Waals surface area contributed by atoms with Gasteiger partial charge in [-0.15, -0.1) is 0 Å². The summed E-state index contributed by atoms with van der Waals surface area (Å²) in [5, 5.41) is 9.38. The Labute approximate surface area is 120 Å². The summed E-state index contributed by atoms with van der Waals surface area (Å²) in [5.74, 6) is -0.0104. The number of nitrogens with one attached hydrogen (secondary N) is 1. The maximum atomic E-state index is 12.5. The molecule has 5 nitrogen and oxygen atoms in total. The van der Waals surface area contributed by atoms with Crippen molar-refractivity contribution in [2.24, 2.45) is 5.92 Å². The van der Waals surface area contributed by atoms with Gasteiger partial charge in [-0.2, -0.15) is 0 Å². The highest BCUT2D eigenvalue weighted by Crippen LogP contribution is 2.28. The minimum absolute atomic E-state index is 0.0104. The van der Waals surface area contributed by atoms with Crippen molar-refractivity contribution in [3.63, 3.8) is 0 Å². The summed E-state index contributed by atoms with van der Waals surface area (Å²) in [4.78, 5) is 0.155. The zero-order valence-electron chi connectivity index (χ0n) is 11.7. The molecule has 2 atom stereocenters. The topological polar surface area (TPSA) is 92.4 Å². The van der Waals surface area contributed by atoms with Crippen LogP contribution in [0.4, 0.5) is 5.69 Å². The van der Waals surface area contributed by atoms with E-state index < -0.39 is 10.0 Å². The van der Waals surface area contributed by atoms with Crippen molar-refractivity contribution in [1.82, 2.24) is 4.72 Å². The van der Waals surface area contributed by atoms with Gasteiger partial charge in [0.25, 0.3) is 0 Å². The van der Waals surface area contributed by atoms with Crippen LogP contribution in [0.15, 0.2) is 23.1 Å². The van der Waals surface area contributed by atoms with E-state index in [1.807, 2.05) is 0 Å². The van der Waals surface area contributed by atoms with Crippen molar-refractivity contribution in [1.29, 1.82) is 0 Å². The Bertz CT molecular complexity index is 552. The molecule has 2 unspecified atom stereocenters. The number of benzene rings is 1. The molecule has 1 saturated carbocycles. The van der Waals surface area contributed by atoms with E-state index in [-0.39, 0.29) is 29.1 Å². The summed E-state index contributed by atoms with van der Waals surface area (Å²) in [6.45, 7) is 1.74. The van der Waals surface area contributed by atoms with Crippen LogP contribution >= 0.6 is 0 Å². The molecule has 4 N–H and O–H groups in total. The lowest BCUT2D eigenvalue weighted by molar-refractivity contribution is 0.164. The van der Waals surface area contributed by atoms with Gasteiger partial charge in [-0.25, -0.2) is 13.1 Å². The Morgan fingerprint density at radius 1 is 1.35 bits per heavy atom. The van der Waals surface area contributed by atoms with Gasteiger partial charge in [0.1, 0.15) is 4.90 Å². The Morgan fingerprint density at radius 2 is 2.05 bits per heavy atom. The Morgan fingerprint density at radius 3 is 2.70 bits per heavy atom. The van der Waals surface area contributed by atoms with E-state index >= 15 is 0 Å². The first-order valence-corrected chi connectivity index (χ1v) is 8.42. The number of aliphatic hydroxyl groups is 1. The zero-order chi connectivity index (χ0) is 14.8. The van der Waals surface area contributed by atoms with Crippen LogP contribution in [0.2, 0.25) is 0 Å². The van der Waals surface area contributed by atoms with E-state index in [4.69, 9.17) is 5.73 Å². The molecule has 0 spiro atoms. The van der Waals surface area contributed by atoms with Crippen LogP contribution in [0.1, 0.15) is 31.2 Å². The molecule has 20 heavy (non-hydrogen) atoms. The van der Waals surface area contributed by atoms with Gasteiger partial charge in [0.2, 0.25) is 10.0 Å². The summed E-state index contributed by atoms with van der Waals surface area (Å²) in [6, 6.07) is 4.85. The average molecular weight is 298 g/mol. The molecule has 1 aromatic carbocycles. The van der Waals surface area contributed by atoms with Gasteiger partial charge in [-0.05, 0) is 37.3 Å². The molecule has 0 bridgehead atoms. The Balaban J connectivity index is 2.27. The molecule has 1 aliphatic rings. The van der Waals surface area contributed by atoms with Crippen molar-refractivity contribution < 1.29 is 13.5 Å². The van der Waals surface area contributed by atoms with E-state index in [1.165, 1.54) is 0 Å². The number of hydrogen-bond acceptors (Lipinski definition) is 4. The number of rotatable bonds is 4. The second-order valence-electron chi connectivity index (χ2n) is 5.45. The number of sulfonamides is 1. The molecular formula is C14H22N2O3S. The number of anilines is 1. The molecule has 6 heteroatoms. The van der Waals surface area contributed by atoms with Crippen molar-refractivity contribution in [3.05, 3.63) is 23.8 Å². The molecule has 0 saturated heterocycles. The number of hydrogen-bond donors (Lipinski definition) is 3. The predicted molar refractivity (Wildman–Crippen MR) is 78.7 cm³/mol. The molecule has 0 radical (unpaired) electrons. The highest BCUT2D eigenvalue weighted by Gasteiger charge is 2.30. The van der Waals surface area contributed by atoms with Crippen LogP contribution in [0.5, 0.6) is 0 Å². The third kappa shape index (κ3) is 3.13. The van der Waals surface area contributed by atoms with E-state index in [2.05, 4.69) is 4.72 Å². The Kier molecular flexibility index (Phi) is 4.67. The molecule has 1 fully saturated rings. The summed E-state index contributed by atoms with van der Waals surface area (Å²) < 4.78 is 27.8. The molecule has 1 aliphatic carbocycles. The largest absolute Gasteiger partial charge is 0.398 e. The van der Waals surface area contributed by atoms with Crippen LogP contribution in [-0.4, -0.2) is 26.2 Å². The van der Waals surface area contributed by atoms with Crippen LogP contribution < -0.4 is 10.5 Å². The van der Waals surface area contributed by atoms with Gasteiger partial charge in [0, 0.05) is 12.6 Å². The maximum absolute atomic E-state index is 12.5. The van der Waals surface area contributed by atoms with Gasteiger partial charge in [0.15, 0.2) is 0 Å². The van der Waals surface area contributed by atoms with Crippen LogP contribution in [0, 0.1) is 12.8 Å². The van der Waals surface area contributed by atoms with Crippen molar-refractivity contribution in [3.8, 4) is 0 Å². The fourth-order valence-electron chi connectivity index (χ4n) is 2.88. The van der Waals surface area contributed by atoms with Crippen LogP contribution in [0.3, 0.4) is 0 Å². The lowest BCUT2D eigenvalue weighted by Gasteiger charge is -2.30. The highest BCUT2D eigenvalue weighted by atomic mass is 32.2. The van der Waals surface area contributed by atoms with Gasteiger partial charge >= 0.3 is 0 Å². The van der Waals surface area contributed by atoms with Gasteiger partial charge in [0.05, 0.1) is 5.69 Å². The summed E-state index contributed by atoms with van der Waals surface area (Å²) >= 11 is 0. The third-order valence-electron chi connectivity index (χ3n) is 3.96. The molecule has 0 heterocycles. The molecule has 2 rings (SSSR count). The van der Waals surface area contributed by atoms with Crippen molar-refractivity contribution >= 4 is 15.7 Å². The van der Waals surface area contributed by atoms with Gasteiger partial charge < -0.3 is 10.8 Å². The summed E-state index contributed by atoms with van der Waals surface area (Å²) in [7, 11) is -3.65. The van der Waals surface area contributed by atoms with E-state index in [1.54, 1.807) is 25.1 Å². The van der Waals surface area contributed by atoms with Crippen LogP contribution in [0.25, 0.3) is 0 Å². The zero-order valence-corrected chi connectivity index (χ0v) is 12.5.